The Morgan fingerprint density at radius 3 is 1.20 bits per heavy atom. The third-order valence-electron chi connectivity index (χ3n) is 1.17. The van der Waals surface area contributed by atoms with E-state index in [2.05, 4.69) is 60.3 Å². The molecule has 0 nitrogen and oxygen atoms in total. The smallest absolute Gasteiger partial charge is 0.352 e. The normalized spacial score (nSPS) is 12.5. The quantitative estimate of drug-likeness (QED) is 0.567. The molecular weight excluding hydrogens is 266 g/mol. The van der Waals surface area contributed by atoms with Gasteiger partial charge >= 0.3 is 18.6 Å². The second-order valence-corrected chi connectivity index (χ2v) is 2.01. The van der Waals surface area contributed by atoms with Crippen LogP contribution < -0.4 is 0 Å². The van der Waals surface area contributed by atoms with E-state index < -0.39 is 0 Å². The first-order valence-electron chi connectivity index (χ1n) is 3.97. The SMILES string of the molecule is [C-]1=CC=CC1.[C-]1=CC=CC1.[CH2-]Cl.[CH2-]Cl.[V+4]. The molecule has 0 N–H and O–H groups in total. The fourth-order valence-corrected chi connectivity index (χ4v) is 0.680. The molecule has 0 aromatic carbocycles. The van der Waals surface area contributed by atoms with Gasteiger partial charge in [0.05, 0.1) is 0 Å². The number of hydrogen-bond donors (Lipinski definition) is 0. The van der Waals surface area contributed by atoms with Crippen molar-refractivity contribution < 1.29 is 18.6 Å². The van der Waals surface area contributed by atoms with Gasteiger partial charge < -0.3 is 23.2 Å². The second-order valence-electron chi connectivity index (χ2n) is 2.01. The summed E-state index contributed by atoms with van der Waals surface area (Å²) in [5.41, 5.74) is 0. The van der Waals surface area contributed by atoms with Gasteiger partial charge in [0.15, 0.2) is 0 Å². The Balaban J connectivity index is -0.000000138. The van der Waals surface area contributed by atoms with Gasteiger partial charge in [-0.05, 0) is 0 Å². The first-order chi connectivity index (χ1) is 7.00. The molecule has 2 aliphatic carbocycles. The van der Waals surface area contributed by atoms with Crippen molar-refractivity contribution in [2.45, 2.75) is 12.8 Å². The number of allylic oxidation sites excluding steroid dienone is 8. The van der Waals surface area contributed by atoms with E-state index in [9.17, 15) is 0 Å². The van der Waals surface area contributed by atoms with Crippen molar-refractivity contribution in [1.82, 2.24) is 0 Å². The zero-order valence-corrected chi connectivity index (χ0v) is 11.4. The predicted molar refractivity (Wildman–Crippen MR) is 65.6 cm³/mol. The maximum atomic E-state index is 4.39. The summed E-state index contributed by atoms with van der Waals surface area (Å²) in [5.74, 6) is 0. The fraction of sp³-hybridized carbons (Fsp3) is 0.167. The molecule has 0 bridgehead atoms. The molecule has 1 radical (unpaired) electrons. The van der Waals surface area contributed by atoms with Crippen molar-refractivity contribution in [2.24, 2.45) is 0 Å². The van der Waals surface area contributed by atoms with Crippen molar-refractivity contribution in [3.8, 4) is 0 Å². The summed E-state index contributed by atoms with van der Waals surface area (Å²) in [6.07, 6.45) is 25.4. The maximum absolute atomic E-state index is 4.39. The van der Waals surface area contributed by atoms with Crippen molar-refractivity contribution in [2.75, 3.05) is 0 Å². The molecule has 0 aromatic rings. The fourth-order valence-electron chi connectivity index (χ4n) is 0.680. The average molecular weight is 280 g/mol. The Hall–Kier alpha value is 0.124. The molecular formula is C12H14Cl2V. The molecule has 0 heterocycles. The van der Waals surface area contributed by atoms with Gasteiger partial charge in [-0.3, -0.25) is 24.9 Å². The topological polar surface area (TPSA) is 0 Å². The van der Waals surface area contributed by atoms with Crippen LogP contribution in [0, 0.1) is 24.9 Å². The molecule has 0 spiro atoms. The monoisotopic (exact) mass is 279 g/mol. The van der Waals surface area contributed by atoms with Crippen LogP contribution in [0.25, 0.3) is 0 Å². The van der Waals surface area contributed by atoms with Gasteiger partial charge in [-0.25, -0.2) is 24.3 Å². The molecule has 0 aliphatic heterocycles. The minimum Gasteiger partial charge on any atom is -0.352 e. The summed E-state index contributed by atoms with van der Waals surface area (Å²) in [5, 5.41) is 0. The largest absolute Gasteiger partial charge is 4.00 e. The molecule has 15 heavy (non-hydrogen) atoms. The summed E-state index contributed by atoms with van der Waals surface area (Å²) in [6.45, 7) is 0. The van der Waals surface area contributed by atoms with Crippen LogP contribution in [-0.4, -0.2) is 0 Å². The van der Waals surface area contributed by atoms with E-state index in [0.717, 1.165) is 12.8 Å². The molecule has 0 atom stereocenters. The predicted octanol–water partition coefficient (Wildman–Crippen LogP) is 4.64. The van der Waals surface area contributed by atoms with Crippen LogP contribution in [0.1, 0.15) is 12.8 Å². The minimum absolute atomic E-state index is 0. The maximum Gasteiger partial charge on any atom is 4.00 e. The Morgan fingerprint density at radius 2 is 1.13 bits per heavy atom. The second kappa shape index (κ2) is 23.7. The van der Waals surface area contributed by atoms with E-state index in [1.54, 1.807) is 0 Å². The van der Waals surface area contributed by atoms with Crippen LogP contribution in [0.4, 0.5) is 0 Å². The third kappa shape index (κ3) is 20.3. The van der Waals surface area contributed by atoms with Gasteiger partial charge in [-0.2, -0.15) is 12.2 Å². The van der Waals surface area contributed by atoms with E-state index in [-0.39, 0.29) is 18.6 Å². The molecule has 81 valence electrons. The van der Waals surface area contributed by atoms with Crippen molar-refractivity contribution >= 4 is 23.2 Å². The van der Waals surface area contributed by atoms with Gasteiger partial charge in [-0.1, -0.05) is 0 Å². The first kappa shape index (κ1) is 20.5. The Labute approximate surface area is 116 Å². The summed E-state index contributed by atoms with van der Waals surface area (Å²) < 4.78 is 0. The molecule has 0 saturated heterocycles. The van der Waals surface area contributed by atoms with E-state index in [4.69, 9.17) is 0 Å². The van der Waals surface area contributed by atoms with E-state index in [1.165, 1.54) is 0 Å². The molecule has 0 fully saturated rings. The van der Waals surface area contributed by atoms with Crippen molar-refractivity contribution in [1.29, 1.82) is 0 Å². The summed E-state index contributed by atoms with van der Waals surface area (Å²) >= 11 is 8.78. The summed E-state index contributed by atoms with van der Waals surface area (Å²) in [6, 6.07) is 0. The average Bonchev–Trinajstić information content (AvgIpc) is 3.01. The molecule has 3 heteroatoms. The molecule has 2 aliphatic rings. The Bertz CT molecular complexity index is 152. The molecule has 0 saturated carbocycles. The van der Waals surface area contributed by atoms with Crippen LogP contribution in [0.5, 0.6) is 0 Å². The number of halogens is 2. The molecule has 0 amide bonds. The Kier molecular flexibility index (Phi) is 32.5. The first-order valence-corrected chi connectivity index (χ1v) is 5.04. The van der Waals surface area contributed by atoms with Crippen LogP contribution in [0.3, 0.4) is 0 Å². The van der Waals surface area contributed by atoms with E-state index >= 15 is 0 Å². The van der Waals surface area contributed by atoms with Crippen LogP contribution in [0.15, 0.2) is 36.5 Å². The number of rotatable bonds is 0. The number of hydrogen-bond acceptors (Lipinski definition) is 0. The van der Waals surface area contributed by atoms with Crippen molar-refractivity contribution in [3.05, 3.63) is 61.4 Å². The third-order valence-corrected chi connectivity index (χ3v) is 1.17. The van der Waals surface area contributed by atoms with Crippen molar-refractivity contribution in [3.63, 3.8) is 0 Å². The Morgan fingerprint density at radius 1 is 0.800 bits per heavy atom. The van der Waals surface area contributed by atoms with Gasteiger partial charge in [0.2, 0.25) is 0 Å². The summed E-state index contributed by atoms with van der Waals surface area (Å²) in [4.78, 5) is 0. The van der Waals surface area contributed by atoms with Gasteiger partial charge in [0, 0.05) is 0 Å². The van der Waals surface area contributed by atoms with E-state index in [0.29, 0.717) is 0 Å². The molecule has 2 rings (SSSR count). The van der Waals surface area contributed by atoms with Crippen LogP contribution in [0.2, 0.25) is 0 Å². The van der Waals surface area contributed by atoms with Crippen LogP contribution >= 0.6 is 23.2 Å². The van der Waals surface area contributed by atoms with Gasteiger partial charge in [0.1, 0.15) is 0 Å². The minimum atomic E-state index is 0. The van der Waals surface area contributed by atoms with Gasteiger partial charge in [-0.15, -0.1) is 12.8 Å². The summed E-state index contributed by atoms with van der Waals surface area (Å²) in [7, 11) is 0. The zero-order valence-electron chi connectivity index (χ0n) is 8.50. The molecule has 0 aromatic heterocycles. The molecule has 0 unspecified atom stereocenters. The zero-order chi connectivity index (χ0) is 11.1. The van der Waals surface area contributed by atoms with E-state index in [1.807, 2.05) is 24.3 Å². The standard InChI is InChI=1S/2C5H5.2CH2Cl.V/c2*1-2-4-5-3-1;2*1-2;/h2*1-3H,4H2;2*1H2;/q4*-1;+4. The van der Waals surface area contributed by atoms with Gasteiger partial charge in [0.25, 0.3) is 0 Å². The van der Waals surface area contributed by atoms with Crippen LogP contribution in [-0.2, 0) is 18.6 Å².